The Hall–Kier alpha value is -1.56. The minimum absolute atomic E-state index is 0.00165. The summed E-state index contributed by atoms with van der Waals surface area (Å²) in [7, 11) is 0. The third kappa shape index (κ3) is 2.90. The van der Waals surface area contributed by atoms with Crippen molar-refractivity contribution in [3.05, 3.63) is 50.9 Å². The highest BCUT2D eigenvalue weighted by molar-refractivity contribution is 9.10. The lowest BCUT2D eigenvalue weighted by molar-refractivity contribution is 0.432. The van der Waals surface area contributed by atoms with Crippen LogP contribution in [0.15, 0.2) is 45.4 Å². The van der Waals surface area contributed by atoms with Crippen molar-refractivity contribution in [3.63, 3.8) is 0 Å². The van der Waals surface area contributed by atoms with Crippen LogP contribution in [-0.2, 0) is 0 Å². The first kappa shape index (κ1) is 14.4. The van der Waals surface area contributed by atoms with Crippen LogP contribution in [-0.4, -0.2) is 15.2 Å². The minimum Gasteiger partial charge on any atom is -0.506 e. The van der Waals surface area contributed by atoms with Gasteiger partial charge in [-0.15, -0.1) is 0 Å². The predicted molar refractivity (Wildman–Crippen MR) is 84.6 cm³/mol. The van der Waals surface area contributed by atoms with E-state index < -0.39 is 0 Å². The van der Waals surface area contributed by atoms with Crippen molar-refractivity contribution in [2.45, 2.75) is 0 Å². The Balaban J connectivity index is 1.99. The molecular formula is C14H7BrCl2N2O2. The van der Waals surface area contributed by atoms with E-state index in [1.807, 2.05) is 0 Å². The zero-order valence-corrected chi connectivity index (χ0v) is 13.4. The van der Waals surface area contributed by atoms with Gasteiger partial charge in [-0.3, -0.25) is 0 Å². The van der Waals surface area contributed by atoms with Crippen LogP contribution in [0.3, 0.4) is 0 Å². The summed E-state index contributed by atoms with van der Waals surface area (Å²) in [5.74, 6) is 0.756. The number of phenolic OH excluding ortho intramolecular Hbond substituents is 1. The van der Waals surface area contributed by atoms with Crippen LogP contribution in [0.2, 0.25) is 10.0 Å². The van der Waals surface area contributed by atoms with Crippen LogP contribution in [0.4, 0.5) is 0 Å². The number of hydrogen-bond donors (Lipinski definition) is 1. The van der Waals surface area contributed by atoms with Gasteiger partial charge in [0.25, 0.3) is 5.89 Å². The zero-order chi connectivity index (χ0) is 15.0. The molecule has 0 unspecified atom stereocenters. The van der Waals surface area contributed by atoms with Gasteiger partial charge < -0.3 is 9.63 Å². The van der Waals surface area contributed by atoms with E-state index >= 15 is 0 Å². The van der Waals surface area contributed by atoms with Gasteiger partial charge >= 0.3 is 0 Å². The lowest BCUT2D eigenvalue weighted by Crippen LogP contribution is -1.82. The Bertz CT molecular complexity index is 754. The molecule has 3 aromatic rings. The van der Waals surface area contributed by atoms with Crippen LogP contribution < -0.4 is 0 Å². The second-order valence-corrected chi connectivity index (χ2v) is 5.89. The lowest BCUT2D eigenvalue weighted by Gasteiger charge is -1.98. The number of nitrogens with zero attached hydrogens (tertiary/aromatic N) is 2. The maximum Gasteiger partial charge on any atom is 0.258 e. The van der Waals surface area contributed by atoms with Gasteiger partial charge in [0.05, 0.1) is 10.0 Å². The van der Waals surface area contributed by atoms with Gasteiger partial charge in [-0.1, -0.05) is 28.4 Å². The number of phenols is 1. The van der Waals surface area contributed by atoms with E-state index in [4.69, 9.17) is 27.7 Å². The van der Waals surface area contributed by atoms with Crippen LogP contribution in [0, 0.1) is 0 Å². The molecule has 1 heterocycles. The first-order valence-electron chi connectivity index (χ1n) is 5.82. The summed E-state index contributed by atoms with van der Waals surface area (Å²) in [6, 6.07) is 10.0. The smallest absolute Gasteiger partial charge is 0.258 e. The van der Waals surface area contributed by atoms with E-state index in [9.17, 15) is 5.11 Å². The molecule has 0 aliphatic heterocycles. The summed E-state index contributed by atoms with van der Waals surface area (Å²) in [6.07, 6.45) is 0. The fourth-order valence-corrected chi connectivity index (χ4v) is 2.41. The Morgan fingerprint density at radius 3 is 2.48 bits per heavy atom. The van der Waals surface area contributed by atoms with Crippen molar-refractivity contribution in [2.24, 2.45) is 0 Å². The highest BCUT2D eigenvalue weighted by Gasteiger charge is 2.13. The molecule has 2 aromatic carbocycles. The molecule has 1 N–H and O–H groups in total. The molecule has 0 saturated carbocycles. The average Bonchev–Trinajstić information content (AvgIpc) is 2.94. The van der Waals surface area contributed by atoms with Crippen LogP contribution in [0.25, 0.3) is 22.8 Å². The van der Waals surface area contributed by atoms with E-state index in [1.165, 1.54) is 6.07 Å². The van der Waals surface area contributed by atoms with E-state index in [1.54, 1.807) is 30.3 Å². The molecule has 1 aromatic heterocycles. The molecule has 0 amide bonds. The highest BCUT2D eigenvalue weighted by Crippen LogP contribution is 2.31. The molecule has 0 saturated heterocycles. The second-order valence-electron chi connectivity index (χ2n) is 4.22. The summed E-state index contributed by atoms with van der Waals surface area (Å²) in [5, 5.41) is 14.2. The third-order valence-electron chi connectivity index (χ3n) is 2.80. The zero-order valence-electron chi connectivity index (χ0n) is 10.3. The number of halogens is 3. The summed E-state index contributed by atoms with van der Waals surface area (Å²) in [4.78, 5) is 4.31. The van der Waals surface area contributed by atoms with E-state index in [0.717, 1.165) is 10.0 Å². The Morgan fingerprint density at radius 2 is 1.76 bits per heavy atom. The number of aromatic hydroxyl groups is 1. The van der Waals surface area contributed by atoms with Crippen molar-refractivity contribution in [1.29, 1.82) is 0 Å². The van der Waals surface area contributed by atoms with Gasteiger partial charge in [0.2, 0.25) is 5.82 Å². The molecule has 0 fully saturated rings. The van der Waals surface area contributed by atoms with Crippen molar-refractivity contribution in [3.8, 4) is 28.6 Å². The van der Waals surface area contributed by atoms with Gasteiger partial charge in [0.1, 0.15) is 5.75 Å². The quantitative estimate of drug-likeness (QED) is 0.660. The molecular weight excluding hydrogens is 379 g/mol. The third-order valence-corrected chi connectivity index (χ3v) is 4.32. The molecule has 0 spiro atoms. The van der Waals surface area contributed by atoms with Crippen LogP contribution in [0.5, 0.6) is 5.75 Å². The molecule has 0 aliphatic carbocycles. The molecule has 0 atom stereocenters. The maximum absolute atomic E-state index is 9.41. The normalized spacial score (nSPS) is 10.8. The molecule has 0 bridgehead atoms. The summed E-state index contributed by atoms with van der Waals surface area (Å²) in [5.41, 5.74) is 1.40. The average molecular weight is 386 g/mol. The predicted octanol–water partition coefficient (Wildman–Crippen LogP) is 5.18. The number of hydrogen-bond acceptors (Lipinski definition) is 4. The van der Waals surface area contributed by atoms with Crippen molar-refractivity contribution >= 4 is 39.1 Å². The molecule has 106 valence electrons. The Labute approximate surface area is 138 Å². The first-order valence-corrected chi connectivity index (χ1v) is 7.37. The topological polar surface area (TPSA) is 59.2 Å². The first-order chi connectivity index (χ1) is 10.0. The van der Waals surface area contributed by atoms with Gasteiger partial charge in [-0.2, -0.15) is 4.98 Å². The summed E-state index contributed by atoms with van der Waals surface area (Å²) in [6.45, 7) is 0. The fourth-order valence-electron chi connectivity index (χ4n) is 1.73. The van der Waals surface area contributed by atoms with Crippen molar-refractivity contribution in [1.82, 2.24) is 10.1 Å². The fraction of sp³-hybridized carbons (Fsp3) is 0. The molecule has 7 heteroatoms. The Morgan fingerprint density at radius 1 is 1.00 bits per heavy atom. The minimum atomic E-state index is 0.00165. The molecule has 21 heavy (non-hydrogen) atoms. The number of rotatable bonds is 2. The Kier molecular flexibility index (Phi) is 3.89. The maximum atomic E-state index is 9.41. The molecule has 0 radical (unpaired) electrons. The SMILES string of the molecule is Oc1ccc(-c2nc(-c3ccc(Cl)c(Br)c3)no2)cc1Cl. The standard InChI is InChI=1S/C14H7BrCl2N2O2/c15-9-5-7(1-3-10(9)16)13-18-14(21-19-13)8-2-4-12(20)11(17)6-8/h1-6,20H. The molecule has 3 rings (SSSR count). The van der Waals surface area contributed by atoms with E-state index in [2.05, 4.69) is 26.1 Å². The highest BCUT2D eigenvalue weighted by atomic mass is 79.9. The van der Waals surface area contributed by atoms with E-state index in [0.29, 0.717) is 22.3 Å². The number of aromatic nitrogens is 2. The second kappa shape index (κ2) is 5.67. The van der Waals surface area contributed by atoms with Gasteiger partial charge in [0, 0.05) is 15.6 Å². The van der Waals surface area contributed by atoms with Crippen molar-refractivity contribution in [2.75, 3.05) is 0 Å². The van der Waals surface area contributed by atoms with Crippen molar-refractivity contribution < 1.29 is 9.63 Å². The molecule has 0 aliphatic rings. The van der Waals surface area contributed by atoms with Crippen LogP contribution >= 0.6 is 39.1 Å². The van der Waals surface area contributed by atoms with Gasteiger partial charge in [-0.05, 0) is 52.3 Å². The summed E-state index contributed by atoms with van der Waals surface area (Å²) >= 11 is 15.2. The van der Waals surface area contributed by atoms with Gasteiger partial charge in [0.15, 0.2) is 0 Å². The number of benzene rings is 2. The monoisotopic (exact) mass is 384 g/mol. The summed E-state index contributed by atoms with van der Waals surface area (Å²) < 4.78 is 5.97. The molecule has 4 nitrogen and oxygen atoms in total. The van der Waals surface area contributed by atoms with E-state index in [-0.39, 0.29) is 10.8 Å². The van der Waals surface area contributed by atoms with Crippen LogP contribution in [0.1, 0.15) is 0 Å². The van der Waals surface area contributed by atoms with Gasteiger partial charge in [-0.25, -0.2) is 0 Å². The lowest BCUT2D eigenvalue weighted by atomic mass is 10.2. The largest absolute Gasteiger partial charge is 0.506 e.